The van der Waals surface area contributed by atoms with E-state index in [1.54, 1.807) is 0 Å². The first-order chi connectivity index (χ1) is 6.74. The average Bonchev–Trinajstić information content (AvgIpc) is 2.26. The molecule has 0 saturated heterocycles. The summed E-state index contributed by atoms with van der Waals surface area (Å²) in [5.74, 6) is 0.199. The fourth-order valence-corrected chi connectivity index (χ4v) is 1.17. The molecule has 1 heterocycles. The summed E-state index contributed by atoms with van der Waals surface area (Å²) < 4.78 is 5.09. The van der Waals surface area contributed by atoms with Gasteiger partial charge in [-0.2, -0.15) is 0 Å². The monoisotopic (exact) mass is 195 g/mol. The van der Waals surface area contributed by atoms with E-state index in [4.69, 9.17) is 10.5 Å². The lowest BCUT2D eigenvalue weighted by Gasteiger charge is -2.08. The minimum Gasteiger partial charge on any atom is -0.492 e. The summed E-state index contributed by atoms with van der Waals surface area (Å²) in [7, 11) is 1.49. The zero-order valence-electron chi connectivity index (χ0n) is 8.28. The van der Waals surface area contributed by atoms with Crippen LogP contribution in [0.2, 0.25) is 0 Å². The quantitative estimate of drug-likeness (QED) is 0.694. The van der Waals surface area contributed by atoms with Gasteiger partial charge in [-0.05, 0) is 6.42 Å². The van der Waals surface area contributed by atoms with Crippen LogP contribution in [0.5, 0.6) is 5.75 Å². The van der Waals surface area contributed by atoms with Gasteiger partial charge in [-0.3, -0.25) is 4.79 Å². The summed E-state index contributed by atoms with van der Waals surface area (Å²) in [5, 5.41) is 0. The first-order valence-corrected chi connectivity index (χ1v) is 4.35. The highest BCUT2D eigenvalue weighted by Crippen LogP contribution is 2.20. The molecule has 0 aliphatic rings. The number of carbonyl (C=O) groups excluding carboxylic acids is 1. The SMILES string of the molecule is CCc1ncnc(C(=O)CN)c1OC. The standard InChI is InChI=1S/C9H13N3O2/c1-3-6-9(14-2)8(7(13)4-10)12-5-11-6/h5H,3-4,10H2,1-2H3. The predicted octanol–water partition coefficient (Wildman–Crippen LogP) is 0.189. The average molecular weight is 195 g/mol. The van der Waals surface area contributed by atoms with Crippen molar-refractivity contribution in [1.29, 1.82) is 0 Å². The Balaban J connectivity index is 3.21. The van der Waals surface area contributed by atoms with Crippen LogP contribution in [0.25, 0.3) is 0 Å². The number of carbonyl (C=O) groups is 1. The second-order valence-electron chi connectivity index (χ2n) is 2.68. The molecule has 14 heavy (non-hydrogen) atoms. The predicted molar refractivity (Wildman–Crippen MR) is 51.3 cm³/mol. The lowest BCUT2D eigenvalue weighted by Crippen LogP contribution is -2.17. The zero-order chi connectivity index (χ0) is 10.6. The number of hydrogen-bond donors (Lipinski definition) is 1. The number of Topliss-reactive ketones (excluding diaryl/α,β-unsaturated/α-hetero) is 1. The van der Waals surface area contributed by atoms with E-state index in [9.17, 15) is 4.79 Å². The minimum absolute atomic E-state index is 0.0729. The number of nitrogens with zero attached hydrogens (tertiary/aromatic N) is 2. The second-order valence-corrected chi connectivity index (χ2v) is 2.68. The molecule has 0 radical (unpaired) electrons. The molecule has 5 heteroatoms. The lowest BCUT2D eigenvalue weighted by molar-refractivity contribution is 0.0993. The molecule has 0 amide bonds. The summed E-state index contributed by atoms with van der Waals surface area (Å²) in [4.78, 5) is 19.2. The number of nitrogens with two attached hydrogens (primary N) is 1. The molecular weight excluding hydrogens is 182 g/mol. The molecular formula is C9H13N3O2. The Morgan fingerprint density at radius 2 is 2.29 bits per heavy atom. The molecule has 0 spiro atoms. The van der Waals surface area contributed by atoms with E-state index in [1.807, 2.05) is 6.92 Å². The smallest absolute Gasteiger partial charge is 0.198 e. The molecule has 76 valence electrons. The molecule has 0 bridgehead atoms. The molecule has 0 fully saturated rings. The number of rotatable bonds is 4. The van der Waals surface area contributed by atoms with Crippen LogP contribution in [0.3, 0.4) is 0 Å². The molecule has 0 aliphatic carbocycles. The van der Waals surface area contributed by atoms with E-state index in [-0.39, 0.29) is 18.0 Å². The van der Waals surface area contributed by atoms with Crippen molar-refractivity contribution < 1.29 is 9.53 Å². The second kappa shape index (κ2) is 4.66. The fraction of sp³-hybridized carbons (Fsp3) is 0.444. The molecule has 0 aromatic carbocycles. The maximum atomic E-state index is 11.4. The fourth-order valence-electron chi connectivity index (χ4n) is 1.17. The van der Waals surface area contributed by atoms with Crippen molar-refractivity contribution in [3.63, 3.8) is 0 Å². The third kappa shape index (κ3) is 1.88. The molecule has 1 rings (SSSR count). The Hall–Kier alpha value is -1.49. The molecule has 0 unspecified atom stereocenters. The molecule has 0 aliphatic heterocycles. The number of aryl methyl sites for hydroxylation is 1. The van der Waals surface area contributed by atoms with Crippen LogP contribution >= 0.6 is 0 Å². The van der Waals surface area contributed by atoms with Crippen LogP contribution in [-0.4, -0.2) is 29.4 Å². The van der Waals surface area contributed by atoms with Crippen molar-refractivity contribution in [2.24, 2.45) is 5.73 Å². The van der Waals surface area contributed by atoms with Gasteiger partial charge in [-0.1, -0.05) is 6.92 Å². The van der Waals surface area contributed by atoms with Crippen LogP contribution in [0.4, 0.5) is 0 Å². The van der Waals surface area contributed by atoms with Crippen LogP contribution in [-0.2, 0) is 6.42 Å². The summed E-state index contributed by atoms with van der Waals surface area (Å²) in [5.41, 5.74) is 6.24. The number of ether oxygens (including phenoxy) is 1. The minimum atomic E-state index is -0.237. The molecule has 0 atom stereocenters. The first-order valence-electron chi connectivity index (χ1n) is 4.35. The van der Waals surface area contributed by atoms with Crippen molar-refractivity contribution in [1.82, 2.24) is 9.97 Å². The Morgan fingerprint density at radius 3 is 2.79 bits per heavy atom. The van der Waals surface area contributed by atoms with Gasteiger partial charge in [-0.25, -0.2) is 9.97 Å². The van der Waals surface area contributed by atoms with E-state index in [2.05, 4.69) is 9.97 Å². The Morgan fingerprint density at radius 1 is 1.57 bits per heavy atom. The third-order valence-corrected chi connectivity index (χ3v) is 1.87. The van der Waals surface area contributed by atoms with E-state index in [0.717, 1.165) is 5.69 Å². The van der Waals surface area contributed by atoms with E-state index in [1.165, 1.54) is 13.4 Å². The largest absolute Gasteiger partial charge is 0.492 e. The summed E-state index contributed by atoms with van der Waals surface area (Å²) in [6.07, 6.45) is 2.04. The van der Waals surface area contributed by atoms with Gasteiger partial charge in [0.05, 0.1) is 19.3 Å². The van der Waals surface area contributed by atoms with Gasteiger partial charge in [0.2, 0.25) is 0 Å². The van der Waals surface area contributed by atoms with Crippen molar-refractivity contribution in [2.45, 2.75) is 13.3 Å². The Bertz CT molecular complexity index is 339. The third-order valence-electron chi connectivity index (χ3n) is 1.87. The van der Waals surface area contributed by atoms with Gasteiger partial charge in [0, 0.05) is 0 Å². The van der Waals surface area contributed by atoms with Gasteiger partial charge in [-0.15, -0.1) is 0 Å². The van der Waals surface area contributed by atoms with Crippen LogP contribution < -0.4 is 10.5 Å². The highest BCUT2D eigenvalue weighted by Gasteiger charge is 2.15. The van der Waals surface area contributed by atoms with Crippen LogP contribution in [0.15, 0.2) is 6.33 Å². The Kier molecular flexibility index (Phi) is 3.53. The van der Waals surface area contributed by atoms with Gasteiger partial charge in [0.15, 0.2) is 17.2 Å². The summed E-state index contributed by atoms with van der Waals surface area (Å²) in [6.45, 7) is 1.86. The molecule has 0 saturated carbocycles. The van der Waals surface area contributed by atoms with E-state index < -0.39 is 0 Å². The maximum Gasteiger partial charge on any atom is 0.198 e. The number of aromatic nitrogens is 2. The molecule has 2 N–H and O–H groups in total. The van der Waals surface area contributed by atoms with Gasteiger partial charge < -0.3 is 10.5 Å². The number of ketones is 1. The number of hydrogen-bond acceptors (Lipinski definition) is 5. The van der Waals surface area contributed by atoms with Crippen LogP contribution in [0.1, 0.15) is 23.1 Å². The van der Waals surface area contributed by atoms with Crippen molar-refractivity contribution in [3.8, 4) is 5.75 Å². The molecule has 1 aromatic heterocycles. The van der Waals surface area contributed by atoms with E-state index >= 15 is 0 Å². The number of methoxy groups -OCH3 is 1. The first kappa shape index (κ1) is 10.6. The topological polar surface area (TPSA) is 78.1 Å². The van der Waals surface area contributed by atoms with Gasteiger partial charge in [0.25, 0.3) is 0 Å². The van der Waals surface area contributed by atoms with Gasteiger partial charge >= 0.3 is 0 Å². The van der Waals surface area contributed by atoms with Gasteiger partial charge in [0.1, 0.15) is 6.33 Å². The normalized spacial score (nSPS) is 9.93. The van der Waals surface area contributed by atoms with Crippen molar-refractivity contribution in [3.05, 3.63) is 17.7 Å². The molecule has 5 nitrogen and oxygen atoms in total. The van der Waals surface area contributed by atoms with Crippen LogP contribution in [0, 0.1) is 0 Å². The molecule has 1 aromatic rings. The summed E-state index contributed by atoms with van der Waals surface area (Å²) >= 11 is 0. The lowest BCUT2D eigenvalue weighted by atomic mass is 10.2. The maximum absolute atomic E-state index is 11.4. The van der Waals surface area contributed by atoms with Crippen molar-refractivity contribution in [2.75, 3.05) is 13.7 Å². The Labute approximate surface area is 82.3 Å². The highest BCUT2D eigenvalue weighted by atomic mass is 16.5. The van der Waals surface area contributed by atoms with Crippen molar-refractivity contribution >= 4 is 5.78 Å². The summed E-state index contributed by atoms with van der Waals surface area (Å²) in [6, 6.07) is 0. The highest BCUT2D eigenvalue weighted by molar-refractivity contribution is 5.98. The zero-order valence-corrected chi connectivity index (χ0v) is 8.28. The van der Waals surface area contributed by atoms with E-state index in [0.29, 0.717) is 12.2 Å².